The Labute approximate surface area is 135 Å². The third-order valence-electron chi connectivity index (χ3n) is 3.21. The van der Waals surface area contributed by atoms with Crippen LogP contribution in [0.4, 0.5) is 10.7 Å². The van der Waals surface area contributed by atoms with Crippen LogP contribution in [-0.2, 0) is 4.79 Å². The molecule has 0 aliphatic rings. The van der Waals surface area contributed by atoms with Crippen LogP contribution < -0.4 is 4.90 Å². The van der Waals surface area contributed by atoms with Crippen molar-refractivity contribution in [1.82, 2.24) is 4.90 Å². The Morgan fingerprint density at radius 2 is 1.95 bits per heavy atom. The first-order valence-electron chi connectivity index (χ1n) is 6.73. The number of hydrogen-bond donors (Lipinski definition) is 0. The Hall–Kier alpha value is -1.18. The Morgan fingerprint density at radius 3 is 2.43 bits per heavy atom. The van der Waals surface area contributed by atoms with E-state index in [9.17, 15) is 14.9 Å². The minimum absolute atomic E-state index is 0. The maximum atomic E-state index is 11.7. The maximum Gasteiger partial charge on any atom is 0.347 e. The smallest absolute Gasteiger partial charge is 0.306 e. The minimum atomic E-state index is -0.430. The Bertz CT molecular complexity index is 463. The average Bonchev–Trinajstić information content (AvgIpc) is 2.87. The zero-order valence-electron chi connectivity index (χ0n) is 12.6. The van der Waals surface area contributed by atoms with Crippen molar-refractivity contribution in [3.05, 3.63) is 21.6 Å². The van der Waals surface area contributed by atoms with Crippen LogP contribution in [0.5, 0.6) is 0 Å². The number of nitrogens with zero attached hydrogens (tertiary/aromatic N) is 3. The molecule has 0 unspecified atom stereocenters. The fraction of sp³-hybridized carbons (Fsp3) is 0.615. The Morgan fingerprint density at radius 1 is 1.33 bits per heavy atom. The molecule has 0 fully saturated rings. The highest BCUT2D eigenvalue weighted by Gasteiger charge is 2.23. The van der Waals surface area contributed by atoms with Crippen molar-refractivity contribution in [2.24, 2.45) is 0 Å². The van der Waals surface area contributed by atoms with Gasteiger partial charge in [-0.05, 0) is 37.5 Å². The van der Waals surface area contributed by atoms with Gasteiger partial charge in [0.2, 0.25) is 5.91 Å². The van der Waals surface area contributed by atoms with Crippen molar-refractivity contribution in [3.8, 4) is 0 Å². The van der Waals surface area contributed by atoms with Gasteiger partial charge in [-0.2, -0.15) is 0 Å². The summed E-state index contributed by atoms with van der Waals surface area (Å²) in [5, 5.41) is 12.6. The van der Waals surface area contributed by atoms with Crippen molar-refractivity contribution in [1.29, 1.82) is 0 Å². The molecule has 0 aliphatic carbocycles. The quantitative estimate of drug-likeness (QED) is 0.540. The van der Waals surface area contributed by atoms with E-state index in [2.05, 4.69) is 18.7 Å². The first-order valence-corrected chi connectivity index (χ1v) is 7.61. The molecule has 0 saturated carbocycles. The lowest BCUT2D eigenvalue weighted by Gasteiger charge is -2.22. The molecular formula is C13H22ClN3O3S. The van der Waals surface area contributed by atoms with Crippen LogP contribution in [0.15, 0.2) is 11.4 Å². The summed E-state index contributed by atoms with van der Waals surface area (Å²) in [6, 6.07) is 1.64. The average molecular weight is 336 g/mol. The van der Waals surface area contributed by atoms with Crippen molar-refractivity contribution in [2.75, 3.05) is 31.1 Å². The Kier molecular flexibility index (Phi) is 9.16. The largest absolute Gasteiger partial charge is 0.347 e. The maximum absolute atomic E-state index is 11.7. The highest BCUT2D eigenvalue weighted by molar-refractivity contribution is 7.14. The van der Waals surface area contributed by atoms with Gasteiger partial charge in [0.25, 0.3) is 0 Å². The van der Waals surface area contributed by atoms with E-state index in [0.717, 1.165) is 37.4 Å². The molecule has 1 amide bonds. The lowest BCUT2D eigenvalue weighted by molar-refractivity contribution is -0.379. The number of rotatable bonds is 8. The SMILES string of the molecule is CCN(CC)CCCN(C(C)=O)c1ccsc1[N+](=O)[O-].Cl. The zero-order valence-corrected chi connectivity index (χ0v) is 14.2. The molecular weight excluding hydrogens is 314 g/mol. The number of carbonyl (C=O) groups is 1. The van der Waals surface area contributed by atoms with Gasteiger partial charge in [0.1, 0.15) is 5.69 Å². The summed E-state index contributed by atoms with van der Waals surface area (Å²) in [6.45, 7) is 8.95. The molecule has 0 saturated heterocycles. The van der Waals surface area contributed by atoms with Crippen molar-refractivity contribution >= 4 is 40.3 Å². The van der Waals surface area contributed by atoms with E-state index in [0.29, 0.717) is 12.2 Å². The fourth-order valence-corrected chi connectivity index (χ4v) is 2.79. The first-order chi connectivity index (χ1) is 9.51. The van der Waals surface area contributed by atoms with E-state index in [1.165, 1.54) is 11.8 Å². The summed E-state index contributed by atoms with van der Waals surface area (Å²) < 4.78 is 0. The summed E-state index contributed by atoms with van der Waals surface area (Å²) in [5.41, 5.74) is 0.409. The molecule has 0 N–H and O–H groups in total. The third kappa shape index (κ3) is 5.61. The Balaban J connectivity index is 0.00000400. The number of nitro groups is 1. The molecule has 120 valence electrons. The van der Waals surface area contributed by atoms with E-state index in [1.54, 1.807) is 11.4 Å². The molecule has 0 spiro atoms. The standard InChI is InChI=1S/C13H21N3O3S.ClH/c1-4-14(5-2)8-6-9-15(11(3)17)12-7-10-20-13(12)16(18)19;/h7,10H,4-6,8-9H2,1-3H3;1H. The van der Waals surface area contributed by atoms with Crippen LogP contribution in [-0.4, -0.2) is 41.9 Å². The van der Waals surface area contributed by atoms with Crippen LogP contribution in [0.3, 0.4) is 0 Å². The molecule has 1 heterocycles. The van der Waals surface area contributed by atoms with E-state index in [1.807, 2.05) is 0 Å². The van der Waals surface area contributed by atoms with E-state index in [-0.39, 0.29) is 23.3 Å². The third-order valence-corrected chi connectivity index (χ3v) is 4.07. The number of carbonyl (C=O) groups excluding carboxylic acids is 1. The summed E-state index contributed by atoms with van der Waals surface area (Å²) in [6.07, 6.45) is 0.800. The summed E-state index contributed by atoms with van der Waals surface area (Å²) in [7, 11) is 0. The fourth-order valence-electron chi connectivity index (χ4n) is 2.08. The van der Waals surface area contributed by atoms with Gasteiger partial charge in [-0.3, -0.25) is 14.9 Å². The molecule has 0 aliphatic heterocycles. The zero-order chi connectivity index (χ0) is 15.1. The minimum Gasteiger partial charge on any atom is -0.306 e. The number of anilines is 1. The summed E-state index contributed by atoms with van der Waals surface area (Å²) in [5.74, 6) is -0.161. The molecule has 21 heavy (non-hydrogen) atoms. The second-order valence-electron chi connectivity index (χ2n) is 4.42. The number of halogens is 1. The highest BCUT2D eigenvalue weighted by atomic mass is 35.5. The van der Waals surface area contributed by atoms with Gasteiger partial charge in [-0.15, -0.1) is 12.4 Å². The first kappa shape index (κ1) is 19.8. The molecule has 6 nitrogen and oxygen atoms in total. The lowest BCUT2D eigenvalue weighted by atomic mass is 10.3. The normalized spacial score (nSPS) is 10.3. The molecule has 1 aromatic rings. The second-order valence-corrected chi connectivity index (χ2v) is 5.31. The molecule has 1 aromatic heterocycles. The van der Waals surface area contributed by atoms with Crippen LogP contribution in [0.1, 0.15) is 27.2 Å². The van der Waals surface area contributed by atoms with Gasteiger partial charge in [0, 0.05) is 13.5 Å². The number of hydrogen-bond acceptors (Lipinski definition) is 5. The van der Waals surface area contributed by atoms with E-state index < -0.39 is 4.92 Å². The van der Waals surface area contributed by atoms with Gasteiger partial charge >= 0.3 is 5.00 Å². The summed E-state index contributed by atoms with van der Waals surface area (Å²) in [4.78, 5) is 26.0. The molecule has 0 bridgehead atoms. The predicted molar refractivity (Wildman–Crippen MR) is 88.7 cm³/mol. The molecule has 0 radical (unpaired) electrons. The van der Waals surface area contributed by atoms with Crippen molar-refractivity contribution < 1.29 is 9.72 Å². The molecule has 0 aromatic carbocycles. The van der Waals surface area contributed by atoms with E-state index >= 15 is 0 Å². The monoisotopic (exact) mass is 335 g/mol. The highest BCUT2D eigenvalue weighted by Crippen LogP contribution is 2.34. The second kappa shape index (κ2) is 9.70. The van der Waals surface area contributed by atoms with Crippen LogP contribution in [0.25, 0.3) is 0 Å². The van der Waals surface area contributed by atoms with Crippen LogP contribution >= 0.6 is 23.7 Å². The van der Waals surface area contributed by atoms with Gasteiger partial charge in [0.15, 0.2) is 0 Å². The van der Waals surface area contributed by atoms with Crippen LogP contribution in [0.2, 0.25) is 0 Å². The predicted octanol–water partition coefficient (Wildman–Crippen LogP) is 3.16. The molecule has 0 atom stereocenters. The van der Waals surface area contributed by atoms with Crippen LogP contribution in [0, 0.1) is 10.1 Å². The molecule has 1 rings (SSSR count). The van der Waals surface area contributed by atoms with Crippen molar-refractivity contribution in [2.45, 2.75) is 27.2 Å². The van der Waals surface area contributed by atoms with Crippen molar-refractivity contribution in [3.63, 3.8) is 0 Å². The van der Waals surface area contributed by atoms with E-state index in [4.69, 9.17) is 0 Å². The number of thiophene rings is 1. The van der Waals surface area contributed by atoms with Gasteiger partial charge in [-0.1, -0.05) is 25.2 Å². The van der Waals surface area contributed by atoms with Gasteiger partial charge in [-0.25, -0.2) is 0 Å². The molecule has 8 heteroatoms. The van der Waals surface area contributed by atoms with Gasteiger partial charge in [0.05, 0.1) is 4.92 Å². The number of amides is 1. The topological polar surface area (TPSA) is 66.7 Å². The lowest BCUT2D eigenvalue weighted by Crippen LogP contribution is -2.33. The summed E-state index contributed by atoms with van der Waals surface area (Å²) >= 11 is 1.05. The van der Waals surface area contributed by atoms with Gasteiger partial charge < -0.3 is 9.80 Å².